The lowest BCUT2D eigenvalue weighted by molar-refractivity contribution is 0.0947. The molecule has 1 heterocycles. The summed E-state index contributed by atoms with van der Waals surface area (Å²) in [6.45, 7) is 7.94. The highest BCUT2D eigenvalue weighted by Crippen LogP contribution is 1.99. The minimum atomic E-state index is -0.164. The molecule has 100 valence electrons. The standard InChI is InChI=1S/C13H21N3O2/c1-3-16(4-2)9-5-8-14-13(18)12-7-6-11(10-17)15-12/h6-7,10,15H,3-5,8-9H2,1-2H3,(H,14,18). The van der Waals surface area contributed by atoms with Gasteiger partial charge in [0, 0.05) is 6.54 Å². The second-order valence-corrected chi connectivity index (χ2v) is 4.08. The van der Waals surface area contributed by atoms with Crippen LogP contribution in [0.3, 0.4) is 0 Å². The van der Waals surface area contributed by atoms with Gasteiger partial charge in [0.1, 0.15) is 5.69 Å². The first-order valence-electron chi connectivity index (χ1n) is 6.36. The molecule has 0 aliphatic heterocycles. The molecule has 1 rings (SSSR count). The van der Waals surface area contributed by atoms with E-state index in [4.69, 9.17) is 0 Å². The van der Waals surface area contributed by atoms with Gasteiger partial charge < -0.3 is 15.2 Å². The maximum Gasteiger partial charge on any atom is 0.267 e. The third kappa shape index (κ3) is 4.33. The highest BCUT2D eigenvalue weighted by Gasteiger charge is 2.07. The van der Waals surface area contributed by atoms with Gasteiger partial charge >= 0.3 is 0 Å². The average Bonchev–Trinajstić information content (AvgIpc) is 2.87. The lowest BCUT2D eigenvalue weighted by atomic mass is 10.3. The van der Waals surface area contributed by atoms with Crippen LogP contribution in [0.2, 0.25) is 0 Å². The molecule has 0 unspecified atom stereocenters. The van der Waals surface area contributed by atoms with Crippen LogP contribution in [0, 0.1) is 0 Å². The quantitative estimate of drug-likeness (QED) is 0.540. The second kappa shape index (κ2) is 7.66. The molecule has 0 saturated heterocycles. The Hall–Kier alpha value is -1.62. The van der Waals surface area contributed by atoms with Crippen molar-refractivity contribution in [3.8, 4) is 0 Å². The lowest BCUT2D eigenvalue weighted by Crippen LogP contribution is -2.30. The van der Waals surface area contributed by atoms with Crippen molar-refractivity contribution in [2.45, 2.75) is 20.3 Å². The van der Waals surface area contributed by atoms with E-state index in [1.165, 1.54) is 0 Å². The molecule has 5 nitrogen and oxygen atoms in total. The van der Waals surface area contributed by atoms with Crippen molar-refractivity contribution in [2.75, 3.05) is 26.2 Å². The lowest BCUT2D eigenvalue weighted by Gasteiger charge is -2.17. The summed E-state index contributed by atoms with van der Waals surface area (Å²) in [6, 6.07) is 3.21. The molecule has 1 aromatic rings. The summed E-state index contributed by atoms with van der Waals surface area (Å²) < 4.78 is 0. The Morgan fingerprint density at radius 1 is 1.39 bits per heavy atom. The summed E-state index contributed by atoms with van der Waals surface area (Å²) in [5, 5.41) is 2.83. The molecule has 0 aliphatic rings. The van der Waals surface area contributed by atoms with Crippen molar-refractivity contribution in [3.05, 3.63) is 23.5 Å². The molecule has 0 aliphatic carbocycles. The Morgan fingerprint density at radius 3 is 2.67 bits per heavy atom. The maximum absolute atomic E-state index is 11.7. The first-order chi connectivity index (χ1) is 8.71. The van der Waals surface area contributed by atoms with Crippen LogP contribution in [0.15, 0.2) is 12.1 Å². The van der Waals surface area contributed by atoms with Gasteiger partial charge in [0.05, 0.1) is 5.69 Å². The Balaban J connectivity index is 2.27. The first kappa shape index (κ1) is 14.4. The number of nitrogens with one attached hydrogen (secondary N) is 2. The van der Waals surface area contributed by atoms with E-state index in [0.717, 1.165) is 26.1 Å². The second-order valence-electron chi connectivity index (χ2n) is 4.08. The van der Waals surface area contributed by atoms with E-state index in [9.17, 15) is 9.59 Å². The average molecular weight is 251 g/mol. The Morgan fingerprint density at radius 2 is 2.11 bits per heavy atom. The number of hydrogen-bond donors (Lipinski definition) is 2. The number of hydrogen-bond acceptors (Lipinski definition) is 3. The predicted octanol–water partition coefficient (Wildman–Crippen LogP) is 1.29. The van der Waals surface area contributed by atoms with Crippen molar-refractivity contribution in [1.82, 2.24) is 15.2 Å². The van der Waals surface area contributed by atoms with Crippen LogP contribution in [0.4, 0.5) is 0 Å². The fourth-order valence-electron chi connectivity index (χ4n) is 1.75. The highest BCUT2D eigenvalue weighted by atomic mass is 16.2. The minimum Gasteiger partial charge on any atom is -0.351 e. The Kier molecular flexibility index (Phi) is 6.14. The van der Waals surface area contributed by atoms with Crippen molar-refractivity contribution in [3.63, 3.8) is 0 Å². The van der Waals surface area contributed by atoms with Crippen LogP contribution >= 0.6 is 0 Å². The van der Waals surface area contributed by atoms with E-state index < -0.39 is 0 Å². The van der Waals surface area contributed by atoms with E-state index in [1.807, 2.05) is 0 Å². The molecule has 0 atom stereocenters. The van der Waals surface area contributed by atoms with Crippen molar-refractivity contribution >= 4 is 12.2 Å². The molecule has 18 heavy (non-hydrogen) atoms. The van der Waals surface area contributed by atoms with Gasteiger partial charge in [-0.25, -0.2) is 0 Å². The van der Waals surface area contributed by atoms with Gasteiger partial charge in [0.15, 0.2) is 6.29 Å². The molecular formula is C13H21N3O2. The topological polar surface area (TPSA) is 65.2 Å². The summed E-state index contributed by atoms with van der Waals surface area (Å²) in [7, 11) is 0. The number of aromatic nitrogens is 1. The van der Waals surface area contributed by atoms with Crippen LogP contribution in [0.5, 0.6) is 0 Å². The number of aldehydes is 1. The fraction of sp³-hybridized carbons (Fsp3) is 0.538. The molecule has 2 N–H and O–H groups in total. The normalized spacial score (nSPS) is 10.6. The van der Waals surface area contributed by atoms with Crippen molar-refractivity contribution in [1.29, 1.82) is 0 Å². The molecule has 0 spiro atoms. The van der Waals surface area contributed by atoms with Gasteiger partial charge in [0.2, 0.25) is 0 Å². The smallest absolute Gasteiger partial charge is 0.267 e. The number of H-pyrrole nitrogens is 1. The number of rotatable bonds is 8. The third-order valence-electron chi connectivity index (χ3n) is 2.91. The monoisotopic (exact) mass is 251 g/mol. The third-order valence-corrected chi connectivity index (χ3v) is 2.91. The Labute approximate surface area is 108 Å². The van der Waals surface area contributed by atoms with Gasteiger partial charge in [-0.05, 0) is 38.2 Å². The highest BCUT2D eigenvalue weighted by molar-refractivity contribution is 5.93. The van der Waals surface area contributed by atoms with Crippen LogP contribution < -0.4 is 5.32 Å². The number of nitrogens with zero attached hydrogens (tertiary/aromatic N) is 1. The number of aromatic amines is 1. The summed E-state index contributed by atoms with van der Waals surface area (Å²) >= 11 is 0. The zero-order valence-corrected chi connectivity index (χ0v) is 11.0. The van der Waals surface area contributed by atoms with E-state index in [0.29, 0.717) is 24.2 Å². The van der Waals surface area contributed by atoms with Crippen molar-refractivity contribution in [2.24, 2.45) is 0 Å². The summed E-state index contributed by atoms with van der Waals surface area (Å²) in [5.41, 5.74) is 0.850. The predicted molar refractivity (Wildman–Crippen MR) is 70.9 cm³/mol. The van der Waals surface area contributed by atoms with Gasteiger partial charge in [-0.3, -0.25) is 9.59 Å². The van der Waals surface area contributed by atoms with Crippen LogP contribution in [0.1, 0.15) is 41.2 Å². The number of carbonyl (C=O) groups excluding carboxylic acids is 2. The largest absolute Gasteiger partial charge is 0.351 e. The van der Waals surface area contributed by atoms with E-state index in [2.05, 4.69) is 29.0 Å². The van der Waals surface area contributed by atoms with Gasteiger partial charge in [-0.2, -0.15) is 0 Å². The van der Waals surface area contributed by atoms with Crippen LogP contribution in [-0.2, 0) is 0 Å². The molecule has 0 bridgehead atoms. The van der Waals surface area contributed by atoms with Crippen LogP contribution in [-0.4, -0.2) is 48.3 Å². The van der Waals surface area contributed by atoms with Crippen LogP contribution in [0.25, 0.3) is 0 Å². The molecule has 0 aromatic carbocycles. The molecule has 0 saturated carbocycles. The summed E-state index contributed by atoms with van der Waals surface area (Å²) in [6.07, 6.45) is 1.62. The molecule has 5 heteroatoms. The van der Waals surface area contributed by atoms with Gasteiger partial charge in [-0.1, -0.05) is 13.8 Å². The molecule has 0 radical (unpaired) electrons. The maximum atomic E-state index is 11.7. The zero-order chi connectivity index (χ0) is 13.4. The van der Waals surface area contributed by atoms with E-state index in [-0.39, 0.29) is 5.91 Å². The van der Waals surface area contributed by atoms with Gasteiger partial charge in [0.25, 0.3) is 5.91 Å². The molecular weight excluding hydrogens is 230 g/mol. The number of carbonyl (C=O) groups is 2. The van der Waals surface area contributed by atoms with Gasteiger partial charge in [-0.15, -0.1) is 0 Å². The first-order valence-corrected chi connectivity index (χ1v) is 6.36. The molecule has 0 fully saturated rings. The summed E-state index contributed by atoms with van der Waals surface area (Å²) in [5.74, 6) is -0.164. The summed E-state index contributed by atoms with van der Waals surface area (Å²) in [4.78, 5) is 27.2. The SMILES string of the molecule is CCN(CC)CCCNC(=O)c1ccc(C=O)[nH]1. The minimum absolute atomic E-state index is 0.164. The number of amides is 1. The zero-order valence-electron chi connectivity index (χ0n) is 11.0. The fourth-order valence-corrected chi connectivity index (χ4v) is 1.75. The van der Waals surface area contributed by atoms with E-state index >= 15 is 0 Å². The molecule has 1 amide bonds. The Bertz CT molecular complexity index is 383. The van der Waals surface area contributed by atoms with Crippen molar-refractivity contribution < 1.29 is 9.59 Å². The van der Waals surface area contributed by atoms with E-state index in [1.54, 1.807) is 12.1 Å². The molecule has 1 aromatic heterocycles.